The second-order valence-electron chi connectivity index (χ2n) is 9.00. The van der Waals surface area contributed by atoms with Gasteiger partial charge in [0.2, 0.25) is 0 Å². The first-order valence-corrected chi connectivity index (χ1v) is 11.7. The van der Waals surface area contributed by atoms with Crippen molar-refractivity contribution < 1.29 is 14.3 Å². The molecule has 5 rings (SSSR count). The zero-order valence-electron chi connectivity index (χ0n) is 19.9. The van der Waals surface area contributed by atoms with E-state index in [1.54, 1.807) is 31.5 Å². The number of rotatable bonds is 7. The molecule has 0 saturated carbocycles. The van der Waals surface area contributed by atoms with E-state index in [1.165, 1.54) is 12.8 Å². The number of likely N-dealkylation sites (tertiary alicyclic amines) is 1. The fourth-order valence-corrected chi connectivity index (χ4v) is 4.57. The molecule has 178 valence electrons. The van der Waals surface area contributed by atoms with Crippen LogP contribution >= 0.6 is 0 Å². The summed E-state index contributed by atoms with van der Waals surface area (Å²) < 4.78 is 12.5. The van der Waals surface area contributed by atoms with Crippen LogP contribution in [0.4, 0.5) is 5.69 Å². The average Bonchev–Trinajstić information content (AvgIpc) is 3.47. The van der Waals surface area contributed by atoms with Gasteiger partial charge in [0.15, 0.2) is 5.75 Å². The number of hydrogen-bond acceptors (Lipinski definition) is 7. The highest BCUT2D eigenvalue weighted by atomic mass is 16.5. The second kappa shape index (κ2) is 9.42. The third kappa shape index (κ3) is 4.35. The molecule has 1 amide bonds. The van der Waals surface area contributed by atoms with Crippen molar-refractivity contribution in [2.24, 2.45) is 5.92 Å². The maximum Gasteiger partial charge on any atom is 0.260 e. The van der Waals surface area contributed by atoms with Crippen molar-refractivity contribution in [3.05, 3.63) is 48.0 Å². The van der Waals surface area contributed by atoms with E-state index < -0.39 is 0 Å². The van der Waals surface area contributed by atoms with E-state index >= 15 is 0 Å². The summed E-state index contributed by atoms with van der Waals surface area (Å²) in [6.45, 7) is 6.84. The molecule has 3 aromatic heterocycles. The number of fused-ring (bicyclic) bond motifs is 1. The Morgan fingerprint density at radius 3 is 2.68 bits per heavy atom. The van der Waals surface area contributed by atoms with Crippen LogP contribution in [0.1, 0.15) is 35.8 Å². The van der Waals surface area contributed by atoms with Crippen LogP contribution in [0.2, 0.25) is 0 Å². The number of hydrogen-bond donors (Lipinski definition) is 0. The molecular weight excluding hydrogens is 432 g/mol. The molecule has 3 aromatic rings. The molecule has 0 aromatic carbocycles. The number of pyridine rings is 2. The van der Waals surface area contributed by atoms with Gasteiger partial charge in [0, 0.05) is 24.5 Å². The molecule has 5 heterocycles. The molecule has 0 N–H and O–H groups in total. The lowest BCUT2D eigenvalue weighted by atomic mass is 9.99. The van der Waals surface area contributed by atoms with Gasteiger partial charge in [-0.2, -0.15) is 5.10 Å². The number of nitrogens with zero attached hydrogens (tertiary/aromatic N) is 6. The summed E-state index contributed by atoms with van der Waals surface area (Å²) >= 11 is 0. The number of carbonyl (C=O) groups excluding carboxylic acids is 1. The van der Waals surface area contributed by atoms with Gasteiger partial charge in [-0.05, 0) is 50.0 Å². The van der Waals surface area contributed by atoms with Gasteiger partial charge in [0.1, 0.15) is 0 Å². The van der Waals surface area contributed by atoms with Gasteiger partial charge < -0.3 is 14.4 Å². The first-order chi connectivity index (χ1) is 16.6. The number of aromatic nitrogens is 4. The highest BCUT2D eigenvalue weighted by Gasteiger charge is 2.31. The third-order valence-electron chi connectivity index (χ3n) is 6.74. The first kappa shape index (κ1) is 22.3. The van der Waals surface area contributed by atoms with Crippen LogP contribution in [-0.2, 0) is 13.1 Å². The Balaban J connectivity index is 1.28. The number of carbonyl (C=O) groups is 1. The van der Waals surface area contributed by atoms with Gasteiger partial charge in [-0.1, -0.05) is 6.92 Å². The van der Waals surface area contributed by atoms with E-state index in [0.717, 1.165) is 54.7 Å². The molecule has 1 saturated heterocycles. The summed E-state index contributed by atoms with van der Waals surface area (Å²) in [6, 6.07) is 5.51. The summed E-state index contributed by atoms with van der Waals surface area (Å²) in [7, 11) is 3.12. The number of amides is 1. The van der Waals surface area contributed by atoms with E-state index in [4.69, 9.17) is 14.5 Å². The fourth-order valence-electron chi connectivity index (χ4n) is 4.57. The van der Waals surface area contributed by atoms with Crippen LogP contribution in [0, 0.1) is 5.92 Å². The molecule has 0 aliphatic carbocycles. The second-order valence-corrected chi connectivity index (χ2v) is 9.00. The summed E-state index contributed by atoms with van der Waals surface area (Å²) in [5.41, 5.74) is 3.68. The molecule has 1 fully saturated rings. The summed E-state index contributed by atoms with van der Waals surface area (Å²) in [4.78, 5) is 26.3. The molecule has 0 radical (unpaired) electrons. The smallest absolute Gasteiger partial charge is 0.260 e. The molecule has 2 aliphatic rings. The minimum Gasteiger partial charge on any atom is -0.491 e. The van der Waals surface area contributed by atoms with Crippen molar-refractivity contribution in [1.29, 1.82) is 0 Å². The first-order valence-electron chi connectivity index (χ1n) is 11.7. The fraction of sp³-hybridized carbons (Fsp3) is 0.440. The van der Waals surface area contributed by atoms with E-state index in [1.807, 2.05) is 29.1 Å². The van der Waals surface area contributed by atoms with Crippen molar-refractivity contribution >= 4 is 11.6 Å². The predicted molar refractivity (Wildman–Crippen MR) is 128 cm³/mol. The molecule has 34 heavy (non-hydrogen) atoms. The van der Waals surface area contributed by atoms with Crippen LogP contribution in [0.3, 0.4) is 0 Å². The molecule has 0 bridgehead atoms. The molecule has 0 unspecified atom stereocenters. The van der Waals surface area contributed by atoms with Crippen LogP contribution in [0.5, 0.6) is 11.6 Å². The largest absolute Gasteiger partial charge is 0.491 e. The average molecular weight is 463 g/mol. The highest BCUT2D eigenvalue weighted by molar-refractivity contribution is 6.09. The summed E-state index contributed by atoms with van der Waals surface area (Å²) in [5.74, 6) is 1.73. The van der Waals surface area contributed by atoms with Crippen molar-refractivity contribution in [1.82, 2.24) is 24.6 Å². The topological polar surface area (TPSA) is 85.6 Å². The van der Waals surface area contributed by atoms with Gasteiger partial charge in [-0.25, -0.2) is 4.98 Å². The lowest BCUT2D eigenvalue weighted by Crippen LogP contribution is -2.35. The minimum absolute atomic E-state index is 0.0518. The molecular formula is C25H30N6O3. The van der Waals surface area contributed by atoms with Crippen molar-refractivity contribution in [2.45, 2.75) is 32.9 Å². The molecule has 0 atom stereocenters. The number of anilines is 1. The Morgan fingerprint density at radius 1 is 1.09 bits per heavy atom. The van der Waals surface area contributed by atoms with E-state index in [9.17, 15) is 4.79 Å². The predicted octanol–water partition coefficient (Wildman–Crippen LogP) is 3.25. The summed E-state index contributed by atoms with van der Waals surface area (Å²) in [5, 5.41) is 4.50. The molecule has 9 heteroatoms. The zero-order chi connectivity index (χ0) is 23.7. The molecule has 0 spiro atoms. The third-order valence-corrected chi connectivity index (χ3v) is 6.74. The van der Waals surface area contributed by atoms with E-state index in [0.29, 0.717) is 23.7 Å². The van der Waals surface area contributed by atoms with E-state index in [-0.39, 0.29) is 5.91 Å². The Labute approximate surface area is 199 Å². The number of ether oxygens (including phenoxy) is 2. The monoisotopic (exact) mass is 462 g/mol. The number of methoxy groups -OCH3 is 2. The van der Waals surface area contributed by atoms with Gasteiger partial charge in [0.05, 0.1) is 56.1 Å². The Morgan fingerprint density at radius 2 is 1.91 bits per heavy atom. The zero-order valence-corrected chi connectivity index (χ0v) is 19.9. The van der Waals surface area contributed by atoms with Crippen LogP contribution in [0.15, 0.2) is 36.8 Å². The Hall–Kier alpha value is -3.46. The quantitative estimate of drug-likeness (QED) is 0.533. The number of piperidine rings is 1. The van der Waals surface area contributed by atoms with Crippen LogP contribution in [-0.4, -0.2) is 64.4 Å². The molecule has 2 aliphatic heterocycles. The lowest BCUT2D eigenvalue weighted by molar-refractivity contribution is 0.0996. The van der Waals surface area contributed by atoms with Crippen LogP contribution in [0.25, 0.3) is 11.3 Å². The maximum absolute atomic E-state index is 13.1. The SMILES string of the molecule is COc1cc(-c2ccc3c(n2)CN(c2cnn(CCN4CCC(C)CC4)c2)C3=O)cnc1OC. The molecule has 9 nitrogen and oxygen atoms in total. The van der Waals surface area contributed by atoms with Gasteiger partial charge in [-0.15, -0.1) is 0 Å². The lowest BCUT2D eigenvalue weighted by Gasteiger charge is -2.29. The Kier molecular flexibility index (Phi) is 6.19. The standard InChI is InChI=1S/C25H30N6O3/c1-17-6-8-29(9-7-17)10-11-30-15-19(14-27-30)31-16-22-20(25(31)32)4-5-21(28-22)18-12-23(33-2)24(34-3)26-13-18/h4-5,12-15,17H,6-11,16H2,1-3H3. The van der Waals surface area contributed by atoms with Crippen molar-refractivity contribution in [3.8, 4) is 22.9 Å². The summed E-state index contributed by atoms with van der Waals surface area (Å²) in [6.07, 6.45) is 7.94. The van der Waals surface area contributed by atoms with Crippen LogP contribution < -0.4 is 14.4 Å². The van der Waals surface area contributed by atoms with Gasteiger partial charge in [-0.3, -0.25) is 19.4 Å². The normalized spacial score (nSPS) is 16.7. The maximum atomic E-state index is 13.1. The highest BCUT2D eigenvalue weighted by Crippen LogP contribution is 2.32. The Bertz CT molecular complexity index is 1190. The minimum atomic E-state index is -0.0518. The van der Waals surface area contributed by atoms with Gasteiger partial charge in [0.25, 0.3) is 11.8 Å². The van der Waals surface area contributed by atoms with Gasteiger partial charge >= 0.3 is 0 Å². The van der Waals surface area contributed by atoms with Crippen molar-refractivity contribution in [3.63, 3.8) is 0 Å². The van der Waals surface area contributed by atoms with Crippen molar-refractivity contribution in [2.75, 3.05) is 38.8 Å². The van der Waals surface area contributed by atoms with E-state index in [2.05, 4.69) is 21.9 Å².